The van der Waals surface area contributed by atoms with Crippen LogP contribution in [0.15, 0.2) is 24.3 Å². The Balaban J connectivity index is 2.09. The van der Waals surface area contributed by atoms with Crippen LogP contribution >= 0.6 is 0 Å². The highest BCUT2D eigenvalue weighted by atomic mass is 16.1. The predicted octanol–water partition coefficient (Wildman–Crippen LogP) is 4.79. The van der Waals surface area contributed by atoms with E-state index in [-0.39, 0.29) is 17.2 Å². The summed E-state index contributed by atoms with van der Waals surface area (Å²) in [4.78, 5) is 12.8. The summed E-state index contributed by atoms with van der Waals surface area (Å²) in [5.41, 5.74) is 2.04. The molecule has 23 heavy (non-hydrogen) atoms. The highest BCUT2D eigenvalue weighted by Crippen LogP contribution is 2.44. The Morgan fingerprint density at radius 3 is 2.57 bits per heavy atom. The zero-order valence-electron chi connectivity index (χ0n) is 14.7. The molecule has 0 radical (unpaired) electrons. The first kappa shape index (κ1) is 17.5. The van der Waals surface area contributed by atoms with Gasteiger partial charge in [-0.15, -0.1) is 0 Å². The van der Waals surface area contributed by atoms with Crippen LogP contribution in [0.2, 0.25) is 0 Å². The number of carbonyl (C=O) groups is 1. The summed E-state index contributed by atoms with van der Waals surface area (Å²) in [5, 5.41) is 11.8. The van der Waals surface area contributed by atoms with Crippen LogP contribution in [0.1, 0.15) is 52.5 Å². The fourth-order valence-corrected chi connectivity index (χ4v) is 3.72. The highest BCUT2D eigenvalue weighted by molar-refractivity contribution is 5.92. The van der Waals surface area contributed by atoms with Crippen LogP contribution in [0.4, 0.5) is 5.69 Å². The van der Waals surface area contributed by atoms with Gasteiger partial charge in [-0.25, -0.2) is 0 Å². The molecule has 1 saturated carbocycles. The molecule has 0 unspecified atom stereocenters. The molecule has 1 aliphatic rings. The zero-order valence-corrected chi connectivity index (χ0v) is 14.7. The van der Waals surface area contributed by atoms with Crippen molar-refractivity contribution in [1.29, 1.82) is 5.26 Å². The summed E-state index contributed by atoms with van der Waals surface area (Å²) in [5.74, 6) is 1.21. The van der Waals surface area contributed by atoms with E-state index in [1.54, 1.807) is 0 Å². The van der Waals surface area contributed by atoms with Crippen LogP contribution in [0.25, 0.3) is 0 Å². The van der Waals surface area contributed by atoms with Crippen LogP contribution in [0, 0.1) is 34.5 Å². The van der Waals surface area contributed by atoms with Gasteiger partial charge in [-0.3, -0.25) is 4.79 Å². The molecule has 3 heteroatoms. The zero-order chi connectivity index (χ0) is 17.0. The molecule has 1 aromatic rings. The van der Waals surface area contributed by atoms with Crippen LogP contribution in [0.3, 0.4) is 0 Å². The van der Waals surface area contributed by atoms with Crippen molar-refractivity contribution in [2.45, 2.75) is 53.4 Å². The summed E-state index contributed by atoms with van der Waals surface area (Å²) >= 11 is 0. The number of benzene rings is 1. The van der Waals surface area contributed by atoms with E-state index >= 15 is 0 Å². The van der Waals surface area contributed by atoms with Gasteiger partial charge >= 0.3 is 0 Å². The van der Waals surface area contributed by atoms with Crippen LogP contribution < -0.4 is 5.32 Å². The quantitative estimate of drug-likeness (QED) is 0.869. The minimum atomic E-state index is 0.0811. The Hall–Kier alpha value is -1.82. The van der Waals surface area contributed by atoms with Gasteiger partial charge in [-0.1, -0.05) is 39.8 Å². The topological polar surface area (TPSA) is 52.9 Å². The largest absolute Gasteiger partial charge is 0.326 e. The number of nitrogens with zero attached hydrogens (tertiary/aromatic N) is 1. The van der Waals surface area contributed by atoms with Gasteiger partial charge in [-0.2, -0.15) is 5.26 Å². The third kappa shape index (κ3) is 4.58. The molecule has 1 amide bonds. The molecule has 0 aromatic heterocycles. The molecule has 0 aliphatic heterocycles. The lowest BCUT2D eigenvalue weighted by Crippen LogP contribution is -2.39. The molecule has 0 spiro atoms. The number of carbonyl (C=O) groups excluding carboxylic acids is 1. The Bertz CT molecular complexity index is 581. The molecule has 0 saturated heterocycles. The van der Waals surface area contributed by atoms with Crippen molar-refractivity contribution in [3.8, 4) is 6.07 Å². The monoisotopic (exact) mass is 312 g/mol. The molecule has 124 valence electrons. The normalized spacial score (nSPS) is 23.3. The number of amides is 1. The van der Waals surface area contributed by atoms with Gasteiger partial charge in [0.05, 0.1) is 12.5 Å². The summed E-state index contributed by atoms with van der Waals surface area (Å²) in [6.45, 7) is 8.97. The maximum absolute atomic E-state index is 12.8. The van der Waals surface area contributed by atoms with E-state index < -0.39 is 0 Å². The van der Waals surface area contributed by atoms with Gasteiger partial charge in [0.25, 0.3) is 0 Å². The number of nitrogens with one attached hydrogen (secondary N) is 1. The molecule has 1 aromatic carbocycles. The molecule has 0 heterocycles. The maximum Gasteiger partial charge on any atom is 0.227 e. The second-order valence-electron chi connectivity index (χ2n) is 7.94. The van der Waals surface area contributed by atoms with Gasteiger partial charge in [0.1, 0.15) is 0 Å². The minimum Gasteiger partial charge on any atom is -0.326 e. The first-order chi connectivity index (χ1) is 10.8. The average Bonchev–Trinajstić information content (AvgIpc) is 2.48. The smallest absolute Gasteiger partial charge is 0.227 e. The van der Waals surface area contributed by atoms with E-state index in [4.69, 9.17) is 5.26 Å². The van der Waals surface area contributed by atoms with Crippen molar-refractivity contribution in [2.75, 3.05) is 5.32 Å². The van der Waals surface area contributed by atoms with E-state index in [9.17, 15) is 4.79 Å². The number of hydrogen-bond donors (Lipinski definition) is 1. The summed E-state index contributed by atoms with van der Waals surface area (Å²) in [6, 6.07) is 9.73. The van der Waals surface area contributed by atoms with Gasteiger partial charge in [-0.05, 0) is 54.2 Å². The highest BCUT2D eigenvalue weighted by Gasteiger charge is 2.39. The average molecular weight is 312 g/mol. The first-order valence-electron chi connectivity index (χ1n) is 8.59. The van der Waals surface area contributed by atoms with Crippen LogP contribution in [-0.4, -0.2) is 5.91 Å². The van der Waals surface area contributed by atoms with Gasteiger partial charge in [0.2, 0.25) is 5.91 Å². The maximum atomic E-state index is 12.8. The minimum absolute atomic E-state index is 0.0811. The molecule has 0 bridgehead atoms. The molecule has 1 N–H and O–H groups in total. The second kappa shape index (κ2) is 7.17. The lowest BCUT2D eigenvalue weighted by Gasteiger charge is -2.41. The van der Waals surface area contributed by atoms with E-state index in [2.05, 4.69) is 39.1 Å². The summed E-state index contributed by atoms with van der Waals surface area (Å²) < 4.78 is 0. The first-order valence-corrected chi connectivity index (χ1v) is 8.59. The van der Waals surface area contributed by atoms with Crippen molar-refractivity contribution < 1.29 is 4.79 Å². The summed E-state index contributed by atoms with van der Waals surface area (Å²) in [7, 11) is 0. The molecule has 2 atom stereocenters. The van der Waals surface area contributed by atoms with E-state index in [0.29, 0.717) is 18.3 Å². The third-order valence-electron chi connectivity index (χ3n) is 5.14. The van der Waals surface area contributed by atoms with Crippen molar-refractivity contribution in [3.63, 3.8) is 0 Å². The molecule has 1 fully saturated rings. The van der Waals surface area contributed by atoms with Gasteiger partial charge in [0, 0.05) is 11.6 Å². The van der Waals surface area contributed by atoms with Gasteiger partial charge in [0.15, 0.2) is 0 Å². The molecule has 1 aliphatic carbocycles. The third-order valence-corrected chi connectivity index (χ3v) is 5.14. The van der Waals surface area contributed by atoms with E-state index in [0.717, 1.165) is 24.1 Å². The predicted molar refractivity (Wildman–Crippen MR) is 93.8 cm³/mol. The van der Waals surface area contributed by atoms with E-state index in [1.165, 1.54) is 6.42 Å². The van der Waals surface area contributed by atoms with Gasteiger partial charge < -0.3 is 5.32 Å². The number of nitriles is 1. The standard InChI is InChI=1S/C20H28N2O/c1-14(2)17-9-11-20(3,4)13-18(17)19(23)22-16-7-5-15(6-8-16)10-12-21/h5-8,14,17-18H,9-11,13H2,1-4H3,(H,22,23)/t17-,18+/m0/s1. The Morgan fingerprint density at radius 2 is 2.00 bits per heavy atom. The Labute approximate surface area is 140 Å². The second-order valence-corrected chi connectivity index (χ2v) is 7.94. The van der Waals surface area contributed by atoms with Crippen LogP contribution in [-0.2, 0) is 11.2 Å². The summed E-state index contributed by atoms with van der Waals surface area (Å²) in [6.07, 6.45) is 3.68. The van der Waals surface area contributed by atoms with Crippen molar-refractivity contribution >= 4 is 11.6 Å². The molecular formula is C20H28N2O. The van der Waals surface area contributed by atoms with Crippen LogP contribution in [0.5, 0.6) is 0 Å². The SMILES string of the molecule is CC(C)[C@@H]1CCC(C)(C)C[C@H]1C(=O)Nc1ccc(CC#N)cc1. The lowest BCUT2D eigenvalue weighted by molar-refractivity contribution is -0.125. The number of hydrogen-bond acceptors (Lipinski definition) is 2. The fourth-order valence-electron chi connectivity index (χ4n) is 3.72. The number of anilines is 1. The molecule has 2 rings (SSSR count). The lowest BCUT2D eigenvalue weighted by atomic mass is 9.64. The van der Waals surface area contributed by atoms with Crippen molar-refractivity contribution in [1.82, 2.24) is 0 Å². The van der Waals surface area contributed by atoms with Crippen molar-refractivity contribution in [3.05, 3.63) is 29.8 Å². The Morgan fingerprint density at radius 1 is 1.35 bits per heavy atom. The molecular weight excluding hydrogens is 284 g/mol. The Kier molecular flexibility index (Phi) is 5.46. The van der Waals surface area contributed by atoms with Crippen molar-refractivity contribution in [2.24, 2.45) is 23.2 Å². The molecule has 3 nitrogen and oxygen atoms in total. The van der Waals surface area contributed by atoms with E-state index in [1.807, 2.05) is 24.3 Å². The fraction of sp³-hybridized carbons (Fsp3) is 0.600. The number of rotatable bonds is 4.